The SMILES string of the molecule is COc1ccccc1CCNCc1cc(OC)c(OCc2ccc(F)cc2)cc1Br. The molecule has 3 rings (SSSR count). The molecule has 0 heterocycles. The Bertz CT molecular complexity index is 963. The molecule has 0 aliphatic heterocycles. The molecule has 0 fully saturated rings. The molecule has 4 nitrogen and oxygen atoms in total. The van der Waals surface area contributed by atoms with Crippen LogP contribution in [0.3, 0.4) is 0 Å². The largest absolute Gasteiger partial charge is 0.496 e. The summed E-state index contributed by atoms with van der Waals surface area (Å²) < 4.78 is 30.8. The number of hydrogen-bond acceptors (Lipinski definition) is 4. The number of methoxy groups -OCH3 is 2. The van der Waals surface area contributed by atoms with Crippen LogP contribution in [0.5, 0.6) is 17.2 Å². The highest BCUT2D eigenvalue weighted by molar-refractivity contribution is 9.10. The maximum atomic E-state index is 13.0. The fourth-order valence-corrected chi connectivity index (χ4v) is 3.54. The van der Waals surface area contributed by atoms with Gasteiger partial charge in [-0.05, 0) is 60.0 Å². The molecule has 0 atom stereocenters. The summed E-state index contributed by atoms with van der Waals surface area (Å²) in [5.74, 6) is 1.93. The van der Waals surface area contributed by atoms with Crippen LogP contribution < -0.4 is 19.5 Å². The van der Waals surface area contributed by atoms with E-state index in [9.17, 15) is 4.39 Å². The van der Waals surface area contributed by atoms with Crippen molar-refractivity contribution in [1.29, 1.82) is 0 Å². The number of rotatable bonds is 10. The maximum absolute atomic E-state index is 13.0. The van der Waals surface area contributed by atoms with Gasteiger partial charge in [0, 0.05) is 11.0 Å². The van der Waals surface area contributed by atoms with Gasteiger partial charge in [0.05, 0.1) is 14.2 Å². The van der Waals surface area contributed by atoms with E-state index in [1.165, 1.54) is 17.7 Å². The first-order valence-electron chi connectivity index (χ1n) is 9.67. The second-order valence-corrected chi connectivity index (χ2v) is 7.60. The Morgan fingerprint density at radius 2 is 1.60 bits per heavy atom. The van der Waals surface area contributed by atoms with Crippen molar-refractivity contribution in [3.05, 3.63) is 87.6 Å². The van der Waals surface area contributed by atoms with Gasteiger partial charge < -0.3 is 19.5 Å². The molecule has 6 heteroatoms. The van der Waals surface area contributed by atoms with E-state index in [0.717, 1.165) is 34.3 Å². The summed E-state index contributed by atoms with van der Waals surface area (Å²) in [4.78, 5) is 0. The predicted molar refractivity (Wildman–Crippen MR) is 120 cm³/mol. The Morgan fingerprint density at radius 3 is 2.33 bits per heavy atom. The molecule has 0 saturated carbocycles. The van der Waals surface area contributed by atoms with Crippen molar-refractivity contribution in [1.82, 2.24) is 5.32 Å². The Morgan fingerprint density at radius 1 is 0.867 bits per heavy atom. The highest BCUT2D eigenvalue weighted by Crippen LogP contribution is 2.34. The molecular formula is C24H25BrFNO3. The lowest BCUT2D eigenvalue weighted by molar-refractivity contribution is 0.284. The highest BCUT2D eigenvalue weighted by atomic mass is 79.9. The van der Waals surface area contributed by atoms with Crippen molar-refractivity contribution in [3.8, 4) is 17.2 Å². The van der Waals surface area contributed by atoms with Gasteiger partial charge in [-0.2, -0.15) is 0 Å². The second-order valence-electron chi connectivity index (χ2n) is 6.75. The van der Waals surface area contributed by atoms with E-state index in [-0.39, 0.29) is 5.82 Å². The van der Waals surface area contributed by atoms with Gasteiger partial charge in [-0.1, -0.05) is 46.3 Å². The molecule has 0 spiro atoms. The van der Waals surface area contributed by atoms with E-state index < -0.39 is 0 Å². The van der Waals surface area contributed by atoms with Crippen LogP contribution in [0.4, 0.5) is 4.39 Å². The van der Waals surface area contributed by atoms with Gasteiger partial charge in [0.25, 0.3) is 0 Å². The minimum atomic E-state index is -0.262. The zero-order valence-corrected chi connectivity index (χ0v) is 18.7. The number of nitrogens with one attached hydrogen (secondary N) is 1. The molecule has 30 heavy (non-hydrogen) atoms. The van der Waals surface area contributed by atoms with Crippen LogP contribution in [-0.2, 0) is 19.6 Å². The molecule has 0 bridgehead atoms. The average molecular weight is 474 g/mol. The molecule has 0 aromatic heterocycles. The van der Waals surface area contributed by atoms with E-state index in [1.807, 2.05) is 30.3 Å². The van der Waals surface area contributed by atoms with E-state index in [1.54, 1.807) is 26.4 Å². The molecule has 3 aromatic carbocycles. The van der Waals surface area contributed by atoms with Crippen LogP contribution in [0.25, 0.3) is 0 Å². The van der Waals surface area contributed by atoms with Gasteiger partial charge in [-0.15, -0.1) is 0 Å². The average Bonchev–Trinajstić information content (AvgIpc) is 2.77. The molecule has 0 amide bonds. The van der Waals surface area contributed by atoms with Crippen molar-refractivity contribution in [2.45, 2.75) is 19.6 Å². The topological polar surface area (TPSA) is 39.7 Å². The zero-order valence-electron chi connectivity index (χ0n) is 17.1. The van der Waals surface area contributed by atoms with E-state index in [0.29, 0.717) is 24.7 Å². The van der Waals surface area contributed by atoms with Crippen molar-refractivity contribution in [3.63, 3.8) is 0 Å². The smallest absolute Gasteiger partial charge is 0.162 e. The van der Waals surface area contributed by atoms with Gasteiger partial charge >= 0.3 is 0 Å². The third kappa shape index (κ3) is 5.97. The minimum absolute atomic E-state index is 0.262. The molecule has 0 saturated heterocycles. The highest BCUT2D eigenvalue weighted by Gasteiger charge is 2.11. The van der Waals surface area contributed by atoms with Gasteiger partial charge in [0.15, 0.2) is 11.5 Å². The fraction of sp³-hybridized carbons (Fsp3) is 0.250. The first kappa shape index (κ1) is 22.1. The van der Waals surface area contributed by atoms with Crippen molar-refractivity contribution in [2.24, 2.45) is 0 Å². The van der Waals surface area contributed by atoms with E-state index in [2.05, 4.69) is 27.3 Å². The summed E-state index contributed by atoms with van der Waals surface area (Å²) in [5.41, 5.74) is 3.13. The van der Waals surface area contributed by atoms with Crippen molar-refractivity contribution >= 4 is 15.9 Å². The third-order valence-electron chi connectivity index (χ3n) is 4.72. The summed E-state index contributed by atoms with van der Waals surface area (Å²) in [7, 11) is 3.31. The van der Waals surface area contributed by atoms with Crippen molar-refractivity contribution in [2.75, 3.05) is 20.8 Å². The molecule has 1 N–H and O–H groups in total. The quantitative estimate of drug-likeness (QED) is 0.393. The van der Waals surface area contributed by atoms with Crippen LogP contribution in [0, 0.1) is 5.82 Å². The third-order valence-corrected chi connectivity index (χ3v) is 5.46. The van der Waals surface area contributed by atoms with Gasteiger partial charge in [-0.25, -0.2) is 4.39 Å². The maximum Gasteiger partial charge on any atom is 0.162 e. The molecule has 158 valence electrons. The Kier molecular flexibility index (Phi) is 8.11. The van der Waals surface area contributed by atoms with Gasteiger partial charge in [0.1, 0.15) is 18.2 Å². The molecule has 0 aliphatic rings. The van der Waals surface area contributed by atoms with Gasteiger partial charge in [-0.3, -0.25) is 0 Å². The Hall–Kier alpha value is -2.57. The zero-order chi connectivity index (χ0) is 21.3. The van der Waals surface area contributed by atoms with Crippen LogP contribution in [0.2, 0.25) is 0 Å². The molecule has 0 unspecified atom stereocenters. The first-order valence-corrected chi connectivity index (χ1v) is 10.5. The standard InChI is InChI=1S/C24H25BrFNO3/c1-28-22-6-4-3-5-18(22)11-12-27-15-19-13-23(29-2)24(14-21(19)25)30-16-17-7-9-20(26)10-8-17/h3-10,13-14,27H,11-12,15-16H2,1-2H3. The Balaban J connectivity index is 1.58. The van der Waals surface area contributed by atoms with Crippen LogP contribution >= 0.6 is 15.9 Å². The molecule has 0 aliphatic carbocycles. The van der Waals surface area contributed by atoms with Crippen molar-refractivity contribution < 1.29 is 18.6 Å². The number of hydrogen-bond donors (Lipinski definition) is 1. The lowest BCUT2D eigenvalue weighted by Crippen LogP contribution is -2.17. The number of halogens is 2. The minimum Gasteiger partial charge on any atom is -0.496 e. The van der Waals surface area contributed by atoms with Crippen LogP contribution in [0.1, 0.15) is 16.7 Å². The van der Waals surface area contributed by atoms with Crippen LogP contribution in [-0.4, -0.2) is 20.8 Å². The summed E-state index contributed by atoms with van der Waals surface area (Å²) in [6.07, 6.45) is 0.873. The van der Waals surface area contributed by atoms with Gasteiger partial charge in [0.2, 0.25) is 0 Å². The van der Waals surface area contributed by atoms with E-state index in [4.69, 9.17) is 14.2 Å². The summed E-state index contributed by atoms with van der Waals surface area (Å²) in [5, 5.41) is 3.46. The predicted octanol–water partition coefficient (Wildman–Crippen LogP) is 5.52. The Labute approximate surface area is 185 Å². The number of benzene rings is 3. The lowest BCUT2D eigenvalue weighted by Gasteiger charge is -2.15. The first-order chi connectivity index (χ1) is 14.6. The number of ether oxygens (including phenoxy) is 3. The summed E-state index contributed by atoms with van der Waals surface area (Å²) in [6.45, 7) is 1.84. The lowest BCUT2D eigenvalue weighted by atomic mass is 10.1. The fourth-order valence-electron chi connectivity index (χ4n) is 3.08. The molecule has 3 aromatic rings. The molecular weight excluding hydrogens is 449 g/mol. The second kappa shape index (κ2) is 11.0. The van der Waals surface area contributed by atoms with Crippen LogP contribution in [0.15, 0.2) is 65.1 Å². The monoisotopic (exact) mass is 473 g/mol. The normalized spacial score (nSPS) is 10.7. The summed E-state index contributed by atoms with van der Waals surface area (Å²) >= 11 is 3.62. The van der Waals surface area contributed by atoms with E-state index >= 15 is 0 Å². The summed E-state index contributed by atoms with van der Waals surface area (Å²) in [6, 6.07) is 18.2. The number of para-hydroxylation sites is 1. The molecule has 0 radical (unpaired) electrons.